The highest BCUT2D eigenvalue weighted by Crippen LogP contribution is 2.31. The van der Waals surface area contributed by atoms with Crippen molar-refractivity contribution in [2.45, 2.75) is 45.4 Å². The first-order valence-electron chi connectivity index (χ1n) is 7.81. The Morgan fingerprint density at radius 2 is 1.87 bits per heavy atom. The minimum Gasteiger partial charge on any atom is -0.477 e. The SMILES string of the molecule is CCCCCCCCOc1nsc(NC(=O)N(C)C)c1C(=O)O. The number of amides is 2. The fourth-order valence-corrected chi connectivity index (χ4v) is 2.63. The zero-order valence-corrected chi connectivity index (χ0v) is 14.7. The standard InChI is InChI=1S/C15H25N3O4S/c1-4-5-6-7-8-9-10-22-12-11(14(19)20)13(23-17-12)16-15(21)18(2)3/h4-10H2,1-3H3,(H,16,21)(H,19,20). The molecule has 0 spiro atoms. The van der Waals surface area contributed by atoms with Gasteiger partial charge in [0, 0.05) is 14.1 Å². The van der Waals surface area contributed by atoms with Crippen molar-refractivity contribution >= 4 is 28.5 Å². The predicted octanol–water partition coefficient (Wildman–Crippen LogP) is 3.67. The van der Waals surface area contributed by atoms with Gasteiger partial charge in [0.15, 0.2) is 5.56 Å². The number of carbonyl (C=O) groups excluding carboxylic acids is 1. The third kappa shape index (κ3) is 6.43. The summed E-state index contributed by atoms with van der Waals surface area (Å²) in [7, 11) is 3.15. The number of carboxylic acid groups (broad SMARTS) is 1. The van der Waals surface area contributed by atoms with Crippen LogP contribution in [0.4, 0.5) is 9.80 Å². The number of hydrogen-bond donors (Lipinski definition) is 2. The third-order valence-electron chi connectivity index (χ3n) is 3.24. The first-order valence-corrected chi connectivity index (χ1v) is 8.58. The zero-order valence-electron chi connectivity index (χ0n) is 13.9. The Balaban J connectivity index is 2.54. The van der Waals surface area contributed by atoms with E-state index in [1.54, 1.807) is 14.1 Å². The normalized spacial score (nSPS) is 10.4. The zero-order chi connectivity index (χ0) is 17.2. The molecule has 0 radical (unpaired) electrons. The number of carboxylic acids is 1. The van der Waals surface area contributed by atoms with Crippen LogP contribution in [0.5, 0.6) is 5.88 Å². The summed E-state index contributed by atoms with van der Waals surface area (Å²) in [5, 5.41) is 12.0. The molecule has 0 fully saturated rings. The molecule has 1 aromatic rings. The smallest absolute Gasteiger partial charge is 0.344 e. The molecule has 2 N–H and O–H groups in total. The van der Waals surface area contributed by atoms with Crippen LogP contribution in [0.25, 0.3) is 0 Å². The molecule has 7 nitrogen and oxygen atoms in total. The van der Waals surface area contributed by atoms with Crippen LogP contribution < -0.4 is 10.1 Å². The molecular weight excluding hydrogens is 318 g/mol. The number of carbonyl (C=O) groups is 2. The number of unbranched alkanes of at least 4 members (excludes halogenated alkanes) is 5. The monoisotopic (exact) mass is 343 g/mol. The van der Waals surface area contributed by atoms with Crippen molar-refractivity contribution in [2.75, 3.05) is 26.0 Å². The molecule has 0 saturated carbocycles. The van der Waals surface area contributed by atoms with Crippen LogP contribution in [0.1, 0.15) is 55.8 Å². The molecule has 0 aromatic carbocycles. The van der Waals surface area contributed by atoms with Gasteiger partial charge in [0.05, 0.1) is 6.61 Å². The van der Waals surface area contributed by atoms with E-state index in [0.717, 1.165) is 30.8 Å². The Morgan fingerprint density at radius 1 is 1.22 bits per heavy atom. The van der Waals surface area contributed by atoms with Gasteiger partial charge in [-0.05, 0) is 18.0 Å². The van der Waals surface area contributed by atoms with Gasteiger partial charge in [0.1, 0.15) is 5.00 Å². The van der Waals surface area contributed by atoms with Crippen LogP contribution >= 0.6 is 11.5 Å². The van der Waals surface area contributed by atoms with Gasteiger partial charge in [0.2, 0.25) is 5.88 Å². The van der Waals surface area contributed by atoms with Crippen LogP contribution in [-0.2, 0) is 0 Å². The number of urea groups is 1. The fraction of sp³-hybridized carbons (Fsp3) is 0.667. The molecule has 23 heavy (non-hydrogen) atoms. The first-order chi connectivity index (χ1) is 11.0. The number of anilines is 1. The van der Waals surface area contributed by atoms with Crippen molar-refractivity contribution in [3.05, 3.63) is 5.56 Å². The number of rotatable bonds is 10. The molecule has 0 bridgehead atoms. The summed E-state index contributed by atoms with van der Waals surface area (Å²) in [6.45, 7) is 2.60. The Labute approximate surface area is 140 Å². The van der Waals surface area contributed by atoms with Gasteiger partial charge in [-0.15, -0.1) is 0 Å². The van der Waals surface area contributed by atoms with E-state index >= 15 is 0 Å². The maximum Gasteiger partial charge on any atom is 0.344 e. The lowest BCUT2D eigenvalue weighted by atomic mass is 10.1. The Morgan fingerprint density at radius 3 is 2.48 bits per heavy atom. The molecule has 0 aliphatic rings. The summed E-state index contributed by atoms with van der Waals surface area (Å²) in [6, 6.07) is -0.404. The average Bonchev–Trinajstić information content (AvgIpc) is 2.89. The minimum atomic E-state index is -1.16. The van der Waals surface area contributed by atoms with E-state index in [9.17, 15) is 14.7 Å². The molecule has 0 saturated heterocycles. The molecule has 8 heteroatoms. The number of nitrogens with one attached hydrogen (secondary N) is 1. The number of aromatic nitrogens is 1. The van der Waals surface area contributed by atoms with E-state index in [2.05, 4.69) is 16.6 Å². The predicted molar refractivity (Wildman–Crippen MR) is 90.7 cm³/mol. The van der Waals surface area contributed by atoms with Crippen LogP contribution in [-0.4, -0.2) is 47.1 Å². The summed E-state index contributed by atoms with van der Waals surface area (Å²) in [5.41, 5.74) is -0.0869. The maximum atomic E-state index is 11.6. The fourth-order valence-electron chi connectivity index (χ4n) is 1.91. The third-order valence-corrected chi connectivity index (χ3v) is 3.98. The highest BCUT2D eigenvalue weighted by atomic mass is 32.1. The molecule has 130 valence electrons. The van der Waals surface area contributed by atoms with Crippen molar-refractivity contribution in [3.63, 3.8) is 0 Å². The molecule has 0 atom stereocenters. The number of aromatic carboxylic acids is 1. The van der Waals surface area contributed by atoms with Crippen molar-refractivity contribution < 1.29 is 19.4 Å². The van der Waals surface area contributed by atoms with Crippen molar-refractivity contribution in [2.24, 2.45) is 0 Å². The van der Waals surface area contributed by atoms with Gasteiger partial charge in [-0.3, -0.25) is 5.32 Å². The molecular formula is C15H25N3O4S. The minimum absolute atomic E-state index is 0.0742. The van der Waals surface area contributed by atoms with Crippen LogP contribution in [0.3, 0.4) is 0 Å². The summed E-state index contributed by atoms with van der Waals surface area (Å²) >= 11 is 0.911. The first kappa shape index (κ1) is 19.2. The Bertz CT molecular complexity index is 517. The van der Waals surface area contributed by atoms with Gasteiger partial charge in [-0.25, -0.2) is 9.59 Å². The highest BCUT2D eigenvalue weighted by Gasteiger charge is 2.23. The van der Waals surface area contributed by atoms with E-state index in [-0.39, 0.29) is 16.4 Å². The molecule has 1 heterocycles. The second-order valence-corrected chi connectivity index (χ2v) is 6.21. The molecule has 1 aromatic heterocycles. The van der Waals surface area contributed by atoms with Crippen molar-refractivity contribution in [1.29, 1.82) is 0 Å². The lowest BCUT2D eigenvalue weighted by molar-refractivity contribution is 0.0693. The summed E-state index contributed by atoms with van der Waals surface area (Å²) in [4.78, 5) is 24.3. The van der Waals surface area contributed by atoms with E-state index in [1.807, 2.05) is 0 Å². The maximum absolute atomic E-state index is 11.6. The molecule has 0 aliphatic heterocycles. The lowest BCUT2D eigenvalue weighted by Gasteiger charge is -2.10. The topological polar surface area (TPSA) is 91.8 Å². The lowest BCUT2D eigenvalue weighted by Crippen LogP contribution is -2.27. The Kier molecular flexibility index (Phi) is 8.39. The van der Waals surface area contributed by atoms with Crippen molar-refractivity contribution in [3.8, 4) is 5.88 Å². The van der Waals surface area contributed by atoms with Crippen LogP contribution in [0, 0.1) is 0 Å². The van der Waals surface area contributed by atoms with Crippen LogP contribution in [0.2, 0.25) is 0 Å². The molecule has 1 rings (SSSR count). The van der Waals surface area contributed by atoms with Gasteiger partial charge in [-0.1, -0.05) is 39.0 Å². The molecule has 2 amide bonds. The van der Waals surface area contributed by atoms with E-state index in [4.69, 9.17) is 4.74 Å². The Hall–Kier alpha value is -1.83. The number of hydrogen-bond acceptors (Lipinski definition) is 5. The number of ether oxygens (including phenoxy) is 1. The summed E-state index contributed by atoms with van der Waals surface area (Å²) in [6.07, 6.45) is 6.73. The van der Waals surface area contributed by atoms with Gasteiger partial charge in [0.25, 0.3) is 0 Å². The summed E-state index contributed by atoms with van der Waals surface area (Å²) in [5.74, 6) is -1.09. The highest BCUT2D eigenvalue weighted by molar-refractivity contribution is 7.11. The van der Waals surface area contributed by atoms with Gasteiger partial charge >= 0.3 is 12.0 Å². The second kappa shape index (κ2) is 10.0. The average molecular weight is 343 g/mol. The van der Waals surface area contributed by atoms with Gasteiger partial charge in [-0.2, -0.15) is 4.37 Å². The van der Waals surface area contributed by atoms with E-state index < -0.39 is 12.0 Å². The summed E-state index contributed by atoms with van der Waals surface area (Å²) < 4.78 is 9.48. The number of nitrogens with zero attached hydrogens (tertiary/aromatic N) is 2. The quantitative estimate of drug-likeness (QED) is 0.632. The van der Waals surface area contributed by atoms with Crippen LogP contribution in [0.15, 0.2) is 0 Å². The van der Waals surface area contributed by atoms with Crippen molar-refractivity contribution in [1.82, 2.24) is 9.27 Å². The van der Waals surface area contributed by atoms with E-state index in [0.29, 0.717) is 6.61 Å². The molecule has 0 aliphatic carbocycles. The van der Waals surface area contributed by atoms with Gasteiger partial charge < -0.3 is 14.7 Å². The second-order valence-electron chi connectivity index (χ2n) is 5.44. The molecule has 0 unspecified atom stereocenters. The largest absolute Gasteiger partial charge is 0.477 e. The van der Waals surface area contributed by atoms with E-state index in [1.165, 1.54) is 24.2 Å².